The molecule has 0 bridgehead atoms. The molecule has 2 aliphatic heterocycles. The number of ether oxygens (including phenoxy) is 5. The maximum atomic E-state index is 10.4. The highest BCUT2D eigenvalue weighted by molar-refractivity contribution is 5.16. The van der Waals surface area contributed by atoms with Crippen molar-refractivity contribution >= 4 is 0 Å². The second kappa shape index (κ2) is 7.53. The van der Waals surface area contributed by atoms with Gasteiger partial charge >= 0.3 is 0 Å². The molecule has 1 aromatic carbocycles. The summed E-state index contributed by atoms with van der Waals surface area (Å²) in [4.78, 5) is 0. The number of methoxy groups -OCH3 is 1. The Morgan fingerprint density at radius 3 is 2.78 bits per heavy atom. The molecule has 2 aliphatic rings. The Hall–Kier alpha value is -1.28. The molecule has 0 radical (unpaired) electrons. The highest BCUT2D eigenvalue weighted by Gasteiger charge is 2.50. The first-order chi connectivity index (χ1) is 11.2. The van der Waals surface area contributed by atoms with E-state index in [1.54, 1.807) is 6.08 Å². The van der Waals surface area contributed by atoms with E-state index in [0.29, 0.717) is 13.2 Å². The normalized spacial score (nSPS) is 37.1. The van der Waals surface area contributed by atoms with Crippen molar-refractivity contribution in [2.24, 2.45) is 0 Å². The lowest BCUT2D eigenvalue weighted by Gasteiger charge is -2.47. The van der Waals surface area contributed by atoms with Crippen LogP contribution in [0.4, 0.5) is 0 Å². The molecule has 6 heteroatoms. The predicted octanol–water partition coefficient (Wildman–Crippen LogP) is 1.40. The van der Waals surface area contributed by atoms with Crippen molar-refractivity contribution in [3.63, 3.8) is 0 Å². The van der Waals surface area contributed by atoms with Crippen LogP contribution in [0.15, 0.2) is 43.0 Å². The van der Waals surface area contributed by atoms with Gasteiger partial charge in [0.05, 0.1) is 13.2 Å². The van der Waals surface area contributed by atoms with Gasteiger partial charge in [0.2, 0.25) is 0 Å². The van der Waals surface area contributed by atoms with Crippen molar-refractivity contribution in [1.29, 1.82) is 0 Å². The number of benzene rings is 1. The highest BCUT2D eigenvalue weighted by Crippen LogP contribution is 2.35. The molecule has 1 N–H and O–H groups in total. The lowest BCUT2D eigenvalue weighted by atomic mass is 9.97. The van der Waals surface area contributed by atoms with Gasteiger partial charge in [0, 0.05) is 12.7 Å². The maximum absolute atomic E-state index is 10.4. The number of aliphatic hydroxyl groups excluding tert-OH is 1. The summed E-state index contributed by atoms with van der Waals surface area (Å²) in [6, 6.07) is 9.65. The SMILES string of the molecule is C=CCO[C@@H]1[C@H](O)[C@H](OC)O[C@H]2CO[C@@H](c3ccccc3)O[C@H]12. The number of hydrogen-bond acceptors (Lipinski definition) is 6. The van der Waals surface area contributed by atoms with Gasteiger partial charge in [0.25, 0.3) is 0 Å². The lowest BCUT2D eigenvalue weighted by molar-refractivity contribution is -0.362. The summed E-state index contributed by atoms with van der Waals surface area (Å²) in [5.74, 6) is 0. The van der Waals surface area contributed by atoms with Gasteiger partial charge in [-0.3, -0.25) is 0 Å². The van der Waals surface area contributed by atoms with Crippen LogP contribution in [0.3, 0.4) is 0 Å². The fourth-order valence-corrected chi connectivity index (χ4v) is 2.91. The molecule has 0 aromatic heterocycles. The van der Waals surface area contributed by atoms with Gasteiger partial charge in [-0.15, -0.1) is 6.58 Å². The third-order valence-electron chi connectivity index (χ3n) is 4.02. The molecule has 3 rings (SSSR count). The quantitative estimate of drug-likeness (QED) is 0.827. The Morgan fingerprint density at radius 1 is 1.30 bits per heavy atom. The summed E-state index contributed by atoms with van der Waals surface area (Å²) < 4.78 is 28.4. The third-order valence-corrected chi connectivity index (χ3v) is 4.02. The molecule has 0 aliphatic carbocycles. The van der Waals surface area contributed by atoms with E-state index in [-0.39, 0.29) is 6.10 Å². The van der Waals surface area contributed by atoms with E-state index in [1.165, 1.54) is 7.11 Å². The van der Waals surface area contributed by atoms with Crippen molar-refractivity contribution in [3.05, 3.63) is 48.6 Å². The number of rotatable bonds is 5. The minimum Gasteiger partial charge on any atom is -0.385 e. The third kappa shape index (κ3) is 3.47. The number of hydrogen-bond donors (Lipinski definition) is 1. The first-order valence-electron chi connectivity index (χ1n) is 7.65. The number of aliphatic hydroxyl groups is 1. The summed E-state index contributed by atoms with van der Waals surface area (Å²) >= 11 is 0. The molecule has 23 heavy (non-hydrogen) atoms. The van der Waals surface area contributed by atoms with Gasteiger partial charge in [-0.2, -0.15) is 0 Å². The summed E-state index contributed by atoms with van der Waals surface area (Å²) in [6.07, 6.45) is -1.99. The summed E-state index contributed by atoms with van der Waals surface area (Å²) in [7, 11) is 1.48. The molecular weight excluding hydrogens is 300 g/mol. The molecule has 0 spiro atoms. The van der Waals surface area contributed by atoms with Crippen molar-refractivity contribution < 1.29 is 28.8 Å². The Kier molecular flexibility index (Phi) is 5.42. The van der Waals surface area contributed by atoms with Crippen LogP contribution in [0.1, 0.15) is 11.9 Å². The molecule has 2 saturated heterocycles. The van der Waals surface area contributed by atoms with Gasteiger partial charge in [-0.05, 0) is 0 Å². The molecule has 2 heterocycles. The fourth-order valence-electron chi connectivity index (χ4n) is 2.91. The summed E-state index contributed by atoms with van der Waals surface area (Å²) in [5.41, 5.74) is 0.914. The van der Waals surface area contributed by atoms with Crippen molar-refractivity contribution in [2.75, 3.05) is 20.3 Å². The zero-order valence-corrected chi connectivity index (χ0v) is 13.0. The molecule has 6 nitrogen and oxygen atoms in total. The van der Waals surface area contributed by atoms with Crippen molar-refractivity contribution in [2.45, 2.75) is 37.0 Å². The minimum absolute atomic E-state index is 0.307. The van der Waals surface area contributed by atoms with Gasteiger partial charge in [0.15, 0.2) is 12.6 Å². The molecule has 0 amide bonds. The van der Waals surface area contributed by atoms with Crippen LogP contribution >= 0.6 is 0 Å². The van der Waals surface area contributed by atoms with Crippen LogP contribution < -0.4 is 0 Å². The van der Waals surface area contributed by atoms with Gasteiger partial charge in [0.1, 0.15) is 24.4 Å². The topological polar surface area (TPSA) is 66.4 Å². The molecule has 1 aromatic rings. The second-order valence-corrected chi connectivity index (χ2v) is 5.53. The van der Waals surface area contributed by atoms with E-state index in [1.807, 2.05) is 30.3 Å². The van der Waals surface area contributed by atoms with Crippen LogP contribution in [0.2, 0.25) is 0 Å². The van der Waals surface area contributed by atoms with Gasteiger partial charge in [-0.1, -0.05) is 36.4 Å². The largest absolute Gasteiger partial charge is 0.385 e. The smallest absolute Gasteiger partial charge is 0.186 e. The summed E-state index contributed by atoms with van der Waals surface area (Å²) in [5, 5.41) is 10.4. The van der Waals surface area contributed by atoms with Crippen LogP contribution in [0, 0.1) is 0 Å². The first kappa shape index (κ1) is 16.6. The minimum atomic E-state index is -0.948. The molecule has 6 atom stereocenters. The Balaban J connectivity index is 1.77. The Bertz CT molecular complexity index is 507. The predicted molar refractivity (Wildman–Crippen MR) is 81.6 cm³/mol. The van der Waals surface area contributed by atoms with Crippen LogP contribution in [-0.4, -0.2) is 56.1 Å². The average molecular weight is 322 g/mol. The fraction of sp³-hybridized carbons (Fsp3) is 0.529. The van der Waals surface area contributed by atoms with Crippen molar-refractivity contribution in [3.8, 4) is 0 Å². The molecule has 0 unspecified atom stereocenters. The van der Waals surface area contributed by atoms with E-state index in [2.05, 4.69) is 6.58 Å². The second-order valence-electron chi connectivity index (χ2n) is 5.53. The standard InChI is InChI=1S/C17H22O6/c1-3-9-20-15-13(18)17(19-2)22-12-10-21-16(23-14(12)15)11-7-5-4-6-8-11/h3-8,12-18H,1,9-10H2,2H3/t12-,13-,14-,15+,16+,17+/m0/s1. The van der Waals surface area contributed by atoms with E-state index in [4.69, 9.17) is 23.7 Å². The van der Waals surface area contributed by atoms with Gasteiger partial charge < -0.3 is 28.8 Å². The summed E-state index contributed by atoms with van der Waals surface area (Å²) in [6.45, 7) is 4.29. The first-order valence-corrected chi connectivity index (χ1v) is 7.65. The maximum Gasteiger partial charge on any atom is 0.186 e. The van der Waals surface area contributed by atoms with Gasteiger partial charge in [-0.25, -0.2) is 0 Å². The van der Waals surface area contributed by atoms with E-state index in [9.17, 15) is 5.11 Å². The Morgan fingerprint density at radius 2 is 2.09 bits per heavy atom. The molecular formula is C17H22O6. The zero-order chi connectivity index (χ0) is 16.2. The number of fused-ring (bicyclic) bond motifs is 1. The average Bonchev–Trinajstić information content (AvgIpc) is 2.61. The van der Waals surface area contributed by atoms with Crippen LogP contribution in [-0.2, 0) is 23.7 Å². The molecule has 126 valence electrons. The molecule has 2 fully saturated rings. The van der Waals surface area contributed by atoms with E-state index in [0.717, 1.165) is 5.56 Å². The molecule has 0 saturated carbocycles. The zero-order valence-electron chi connectivity index (χ0n) is 13.0. The van der Waals surface area contributed by atoms with Crippen molar-refractivity contribution in [1.82, 2.24) is 0 Å². The highest BCUT2D eigenvalue weighted by atomic mass is 16.8. The van der Waals surface area contributed by atoms with Crippen LogP contribution in [0.25, 0.3) is 0 Å². The van der Waals surface area contributed by atoms with Crippen LogP contribution in [0.5, 0.6) is 0 Å². The lowest BCUT2D eigenvalue weighted by Crippen LogP contribution is -2.62. The van der Waals surface area contributed by atoms with E-state index < -0.39 is 30.9 Å². The monoisotopic (exact) mass is 322 g/mol. The van der Waals surface area contributed by atoms with E-state index >= 15 is 0 Å². The Labute approximate surface area is 135 Å².